The first-order valence-electron chi connectivity index (χ1n) is 22.4. The van der Waals surface area contributed by atoms with E-state index in [1.54, 1.807) is 0 Å². The summed E-state index contributed by atoms with van der Waals surface area (Å²) >= 11 is 0. The second-order valence-corrected chi connectivity index (χ2v) is 19.0. The van der Waals surface area contributed by atoms with Crippen LogP contribution < -0.4 is 4.90 Å². The molecule has 0 radical (unpaired) electrons. The number of rotatable bonds is 6. The molecule has 0 aliphatic heterocycles. The van der Waals surface area contributed by atoms with Crippen molar-refractivity contribution < 1.29 is 0 Å². The molecule has 63 heavy (non-hydrogen) atoms. The highest BCUT2D eigenvalue weighted by molar-refractivity contribution is 5.94. The molecule has 0 bridgehead atoms. The van der Waals surface area contributed by atoms with Crippen molar-refractivity contribution >= 4 is 17.1 Å². The van der Waals surface area contributed by atoms with Crippen LogP contribution in [0.15, 0.2) is 206 Å². The molecule has 0 fully saturated rings. The van der Waals surface area contributed by atoms with Gasteiger partial charge in [-0.15, -0.1) is 0 Å². The Morgan fingerprint density at radius 3 is 1.37 bits per heavy atom. The van der Waals surface area contributed by atoms with E-state index in [9.17, 15) is 0 Å². The van der Waals surface area contributed by atoms with Gasteiger partial charge in [-0.05, 0) is 138 Å². The first-order valence-corrected chi connectivity index (χ1v) is 22.4. The zero-order valence-corrected chi connectivity index (χ0v) is 36.6. The summed E-state index contributed by atoms with van der Waals surface area (Å²) in [5, 5.41) is 0. The summed E-state index contributed by atoms with van der Waals surface area (Å²) in [4.78, 5) is 2.48. The standard InChI is InChI=1S/C62H49N/c1-60(2)54-27-14-11-22-47(54)50-36-34-43(38-57(50)60)63(44-35-37-51-48-23-13-16-29-56(48)62(5,58(51)39-44)41-18-7-6-8-19-41)42-32-30-40(31-33-42)45-20-9-10-21-46(45)52-25-17-26-53-49-24-12-15-28-55(49)61(3,4)59(52)53/h6-39H,1-5H3. The lowest BCUT2D eigenvalue weighted by Crippen LogP contribution is -2.23. The Bertz CT molecular complexity index is 3290. The molecular weight excluding hydrogens is 759 g/mol. The summed E-state index contributed by atoms with van der Waals surface area (Å²) in [5.41, 5.74) is 25.4. The maximum Gasteiger partial charge on any atom is 0.0465 e. The molecule has 3 aliphatic rings. The molecule has 1 nitrogen and oxygen atoms in total. The van der Waals surface area contributed by atoms with Crippen LogP contribution in [-0.4, -0.2) is 0 Å². The van der Waals surface area contributed by atoms with Crippen molar-refractivity contribution in [3.05, 3.63) is 245 Å². The number of fused-ring (bicyclic) bond motifs is 9. The molecule has 0 N–H and O–H groups in total. The zero-order chi connectivity index (χ0) is 42.7. The van der Waals surface area contributed by atoms with Gasteiger partial charge in [-0.1, -0.05) is 198 Å². The lowest BCUT2D eigenvalue weighted by molar-refractivity contribution is 0.660. The third-order valence-corrected chi connectivity index (χ3v) is 15.0. The molecule has 0 amide bonds. The Hall–Kier alpha value is -7.22. The van der Waals surface area contributed by atoms with Crippen molar-refractivity contribution in [3.8, 4) is 55.6 Å². The normalized spacial score (nSPS) is 16.7. The summed E-state index contributed by atoms with van der Waals surface area (Å²) < 4.78 is 0. The highest BCUT2D eigenvalue weighted by Gasteiger charge is 2.42. The molecule has 0 spiro atoms. The topological polar surface area (TPSA) is 3.24 Å². The summed E-state index contributed by atoms with van der Waals surface area (Å²) in [7, 11) is 0. The maximum absolute atomic E-state index is 2.48. The molecule has 1 unspecified atom stereocenters. The number of nitrogens with zero attached hydrogens (tertiary/aromatic N) is 1. The average Bonchev–Trinajstić information content (AvgIpc) is 3.83. The molecule has 302 valence electrons. The SMILES string of the molecule is CC1(C)c2ccccc2-c2ccc(N(c3ccc(-c4ccccc4-c4cccc5c4C(C)(C)c4ccccc4-5)cc3)c3ccc4c(c3)C(C)(c3ccccc3)c3ccccc3-4)cc21. The van der Waals surface area contributed by atoms with E-state index in [0.717, 1.165) is 17.1 Å². The Kier molecular flexibility index (Phi) is 8.13. The van der Waals surface area contributed by atoms with Crippen LogP contribution in [0.4, 0.5) is 17.1 Å². The monoisotopic (exact) mass is 807 g/mol. The fraction of sp³-hybridized carbons (Fsp3) is 0.129. The fourth-order valence-electron chi connectivity index (χ4n) is 11.8. The van der Waals surface area contributed by atoms with Gasteiger partial charge in [0.15, 0.2) is 0 Å². The van der Waals surface area contributed by atoms with Crippen LogP contribution in [0.5, 0.6) is 0 Å². The van der Waals surface area contributed by atoms with E-state index >= 15 is 0 Å². The van der Waals surface area contributed by atoms with Crippen LogP contribution >= 0.6 is 0 Å². The van der Waals surface area contributed by atoms with Crippen LogP contribution in [0, 0.1) is 0 Å². The van der Waals surface area contributed by atoms with Crippen LogP contribution in [0.25, 0.3) is 55.6 Å². The molecule has 3 aliphatic carbocycles. The molecular formula is C62H49N. The predicted octanol–water partition coefficient (Wildman–Crippen LogP) is 16.4. The highest BCUT2D eigenvalue weighted by atomic mass is 15.1. The zero-order valence-electron chi connectivity index (χ0n) is 36.6. The summed E-state index contributed by atoms with van der Waals surface area (Å²) in [6.07, 6.45) is 0. The van der Waals surface area contributed by atoms with E-state index < -0.39 is 0 Å². The van der Waals surface area contributed by atoms with E-state index in [2.05, 4.69) is 246 Å². The van der Waals surface area contributed by atoms with E-state index in [-0.39, 0.29) is 16.2 Å². The third-order valence-electron chi connectivity index (χ3n) is 15.0. The predicted molar refractivity (Wildman–Crippen MR) is 265 cm³/mol. The average molecular weight is 808 g/mol. The molecule has 1 heteroatoms. The third kappa shape index (κ3) is 5.36. The van der Waals surface area contributed by atoms with Gasteiger partial charge < -0.3 is 4.90 Å². The largest absolute Gasteiger partial charge is 0.310 e. The Morgan fingerprint density at radius 2 is 0.714 bits per heavy atom. The van der Waals surface area contributed by atoms with E-state index in [0.29, 0.717) is 0 Å². The van der Waals surface area contributed by atoms with Gasteiger partial charge in [0, 0.05) is 33.3 Å². The van der Waals surface area contributed by atoms with E-state index in [4.69, 9.17) is 0 Å². The van der Waals surface area contributed by atoms with Gasteiger partial charge >= 0.3 is 0 Å². The maximum atomic E-state index is 2.48. The Balaban J connectivity index is 1.01. The second-order valence-electron chi connectivity index (χ2n) is 19.0. The lowest BCUT2D eigenvalue weighted by Gasteiger charge is -2.31. The molecule has 1 atom stereocenters. The van der Waals surface area contributed by atoms with Gasteiger partial charge in [0.25, 0.3) is 0 Å². The first kappa shape index (κ1) is 37.5. The molecule has 12 rings (SSSR count). The fourth-order valence-corrected chi connectivity index (χ4v) is 11.8. The molecule has 0 heterocycles. The number of hydrogen-bond acceptors (Lipinski definition) is 1. The summed E-state index contributed by atoms with van der Waals surface area (Å²) in [6, 6.07) is 77.3. The molecule has 9 aromatic carbocycles. The van der Waals surface area contributed by atoms with Crippen molar-refractivity contribution in [3.63, 3.8) is 0 Å². The lowest BCUT2D eigenvalue weighted by atomic mass is 9.74. The Labute approximate surface area is 372 Å². The number of hydrogen-bond donors (Lipinski definition) is 0. The van der Waals surface area contributed by atoms with Crippen LogP contribution in [0.1, 0.15) is 73.6 Å². The van der Waals surface area contributed by atoms with Crippen LogP contribution in [0.2, 0.25) is 0 Å². The molecule has 0 aromatic heterocycles. The van der Waals surface area contributed by atoms with Crippen molar-refractivity contribution in [2.45, 2.75) is 50.9 Å². The van der Waals surface area contributed by atoms with Crippen LogP contribution in [-0.2, 0) is 16.2 Å². The summed E-state index contributed by atoms with van der Waals surface area (Å²) in [6.45, 7) is 11.9. The minimum atomic E-state index is -0.308. The molecule has 0 saturated carbocycles. The number of anilines is 3. The van der Waals surface area contributed by atoms with Gasteiger partial charge in [-0.25, -0.2) is 0 Å². The molecule has 0 saturated heterocycles. The summed E-state index contributed by atoms with van der Waals surface area (Å²) in [5.74, 6) is 0. The van der Waals surface area contributed by atoms with Crippen molar-refractivity contribution in [2.75, 3.05) is 4.90 Å². The van der Waals surface area contributed by atoms with Gasteiger partial charge in [0.05, 0.1) is 0 Å². The van der Waals surface area contributed by atoms with E-state index in [1.807, 2.05) is 0 Å². The van der Waals surface area contributed by atoms with Crippen molar-refractivity contribution in [1.29, 1.82) is 0 Å². The second kappa shape index (κ2) is 13.6. The smallest absolute Gasteiger partial charge is 0.0465 e. The van der Waals surface area contributed by atoms with Gasteiger partial charge in [0.2, 0.25) is 0 Å². The Morgan fingerprint density at radius 1 is 0.286 bits per heavy atom. The van der Waals surface area contributed by atoms with Crippen LogP contribution in [0.3, 0.4) is 0 Å². The van der Waals surface area contributed by atoms with Gasteiger partial charge in [-0.2, -0.15) is 0 Å². The highest BCUT2D eigenvalue weighted by Crippen LogP contribution is 2.56. The van der Waals surface area contributed by atoms with E-state index in [1.165, 1.54) is 94.6 Å². The number of benzene rings is 9. The van der Waals surface area contributed by atoms with Crippen molar-refractivity contribution in [2.24, 2.45) is 0 Å². The van der Waals surface area contributed by atoms with Crippen molar-refractivity contribution in [1.82, 2.24) is 0 Å². The van der Waals surface area contributed by atoms with Gasteiger partial charge in [0.1, 0.15) is 0 Å². The quantitative estimate of drug-likeness (QED) is 0.162. The molecule has 9 aromatic rings. The minimum Gasteiger partial charge on any atom is -0.310 e. The first-order chi connectivity index (χ1) is 30.7. The van der Waals surface area contributed by atoms with Gasteiger partial charge in [-0.3, -0.25) is 0 Å². The minimum absolute atomic E-state index is 0.112.